The average molecular weight is 443 g/mol. The first kappa shape index (κ1) is 22.9. The Kier molecular flexibility index (Phi) is 7.42. The third-order valence-electron chi connectivity index (χ3n) is 5.88. The van der Waals surface area contributed by atoms with Crippen molar-refractivity contribution in [2.45, 2.75) is 25.3 Å². The number of hydrogen-bond donors (Lipinski definition) is 0. The SMILES string of the molecule is Cc1ccc(C(CC(=O)c2ccccc2)C(C#N)N=C(c2ccccc2)c2ccccc2)cc1. The van der Waals surface area contributed by atoms with E-state index in [0.29, 0.717) is 5.56 Å². The molecule has 4 rings (SSSR count). The Labute approximate surface area is 201 Å². The second kappa shape index (κ2) is 11.0. The number of carbonyl (C=O) groups is 1. The van der Waals surface area contributed by atoms with Gasteiger partial charge in [-0.25, -0.2) is 0 Å². The van der Waals surface area contributed by atoms with Gasteiger partial charge in [0.15, 0.2) is 5.78 Å². The molecule has 0 aliphatic carbocycles. The number of rotatable bonds is 8. The van der Waals surface area contributed by atoms with Crippen molar-refractivity contribution in [1.82, 2.24) is 0 Å². The molecule has 4 aromatic carbocycles. The first-order valence-corrected chi connectivity index (χ1v) is 11.4. The molecule has 0 heterocycles. The molecule has 0 amide bonds. The van der Waals surface area contributed by atoms with Crippen LogP contribution in [0.3, 0.4) is 0 Å². The molecule has 0 N–H and O–H groups in total. The Balaban J connectivity index is 1.79. The number of hydrogen-bond acceptors (Lipinski definition) is 3. The Hall–Kier alpha value is -4.29. The van der Waals surface area contributed by atoms with E-state index in [9.17, 15) is 10.1 Å². The van der Waals surface area contributed by atoms with Crippen LogP contribution in [0.25, 0.3) is 0 Å². The first-order chi connectivity index (χ1) is 16.7. The van der Waals surface area contributed by atoms with Crippen LogP contribution in [0.5, 0.6) is 0 Å². The second-order valence-corrected chi connectivity index (χ2v) is 8.29. The molecule has 4 aromatic rings. The maximum Gasteiger partial charge on any atom is 0.163 e. The van der Waals surface area contributed by atoms with E-state index >= 15 is 0 Å². The molecule has 0 fully saturated rings. The third kappa shape index (κ3) is 5.54. The lowest BCUT2D eigenvalue weighted by atomic mass is 9.85. The summed E-state index contributed by atoms with van der Waals surface area (Å²) in [4.78, 5) is 18.2. The lowest BCUT2D eigenvalue weighted by molar-refractivity contribution is 0.0972. The van der Waals surface area contributed by atoms with Crippen LogP contribution in [0.1, 0.15) is 45.0 Å². The van der Waals surface area contributed by atoms with Gasteiger partial charge in [-0.3, -0.25) is 9.79 Å². The number of carbonyl (C=O) groups excluding carboxylic acids is 1. The lowest BCUT2D eigenvalue weighted by Gasteiger charge is -2.21. The van der Waals surface area contributed by atoms with Gasteiger partial charge in [-0.1, -0.05) is 121 Å². The van der Waals surface area contributed by atoms with Gasteiger partial charge in [0, 0.05) is 29.0 Å². The van der Waals surface area contributed by atoms with Gasteiger partial charge >= 0.3 is 0 Å². The minimum Gasteiger partial charge on any atom is -0.294 e. The molecule has 3 nitrogen and oxygen atoms in total. The fourth-order valence-electron chi connectivity index (χ4n) is 4.02. The standard InChI is InChI=1S/C31H26N2O/c1-23-17-19-24(20-18-23)28(21-30(34)25-11-5-2-6-12-25)29(22-32)33-31(26-13-7-3-8-14-26)27-15-9-4-10-16-27/h2-20,28-29H,21H2,1H3. The van der Waals surface area contributed by atoms with E-state index in [4.69, 9.17) is 4.99 Å². The van der Waals surface area contributed by atoms with Crippen LogP contribution in [-0.2, 0) is 0 Å². The van der Waals surface area contributed by atoms with E-state index < -0.39 is 6.04 Å². The summed E-state index contributed by atoms with van der Waals surface area (Å²) >= 11 is 0. The van der Waals surface area contributed by atoms with Crippen molar-refractivity contribution in [2.24, 2.45) is 4.99 Å². The number of aliphatic imine (C=N–C) groups is 1. The summed E-state index contributed by atoms with van der Waals surface area (Å²) in [6, 6.07) is 38.7. The van der Waals surface area contributed by atoms with E-state index in [1.165, 1.54) is 0 Å². The molecule has 34 heavy (non-hydrogen) atoms. The van der Waals surface area contributed by atoms with Gasteiger partial charge in [0.2, 0.25) is 0 Å². The summed E-state index contributed by atoms with van der Waals surface area (Å²) in [7, 11) is 0. The summed E-state index contributed by atoms with van der Waals surface area (Å²) in [5, 5.41) is 10.3. The highest BCUT2D eigenvalue weighted by Gasteiger charge is 2.27. The minimum atomic E-state index is -0.731. The topological polar surface area (TPSA) is 53.2 Å². The molecular weight excluding hydrogens is 416 g/mol. The monoisotopic (exact) mass is 442 g/mol. The van der Waals surface area contributed by atoms with Crippen LogP contribution in [0.15, 0.2) is 120 Å². The highest BCUT2D eigenvalue weighted by Crippen LogP contribution is 2.29. The molecule has 0 spiro atoms. The normalized spacial score (nSPS) is 12.2. The Bertz CT molecular complexity index is 1250. The maximum atomic E-state index is 13.2. The zero-order valence-electron chi connectivity index (χ0n) is 19.1. The van der Waals surface area contributed by atoms with Crippen molar-refractivity contribution in [1.29, 1.82) is 5.26 Å². The van der Waals surface area contributed by atoms with Crippen LogP contribution < -0.4 is 0 Å². The molecule has 2 atom stereocenters. The highest BCUT2D eigenvalue weighted by atomic mass is 16.1. The van der Waals surface area contributed by atoms with Crippen molar-refractivity contribution >= 4 is 11.5 Å². The molecule has 0 saturated heterocycles. The Morgan fingerprint density at radius 1 is 0.735 bits per heavy atom. The predicted octanol–water partition coefficient (Wildman–Crippen LogP) is 6.78. The minimum absolute atomic E-state index is 0.00240. The Morgan fingerprint density at radius 2 is 1.21 bits per heavy atom. The van der Waals surface area contributed by atoms with E-state index in [2.05, 4.69) is 6.07 Å². The number of Topliss-reactive ketones (excluding diaryl/α,β-unsaturated/α-hetero) is 1. The number of benzene rings is 4. The van der Waals surface area contributed by atoms with E-state index in [-0.39, 0.29) is 18.1 Å². The van der Waals surface area contributed by atoms with Gasteiger partial charge in [0.25, 0.3) is 0 Å². The zero-order chi connectivity index (χ0) is 23.8. The third-order valence-corrected chi connectivity index (χ3v) is 5.88. The van der Waals surface area contributed by atoms with Gasteiger partial charge < -0.3 is 0 Å². The molecule has 0 bridgehead atoms. The summed E-state index contributed by atoms with van der Waals surface area (Å²) in [5.41, 5.74) is 5.33. The fourth-order valence-corrected chi connectivity index (χ4v) is 4.02. The van der Waals surface area contributed by atoms with Gasteiger partial charge in [0.05, 0.1) is 11.8 Å². The van der Waals surface area contributed by atoms with Crippen molar-refractivity contribution in [3.8, 4) is 6.07 Å². The molecule has 3 heteroatoms. The molecule has 2 unspecified atom stereocenters. The quantitative estimate of drug-likeness (QED) is 0.223. The van der Waals surface area contributed by atoms with Crippen LogP contribution in [0, 0.1) is 18.3 Å². The summed E-state index contributed by atoms with van der Waals surface area (Å²) in [6.45, 7) is 2.02. The van der Waals surface area contributed by atoms with Crippen molar-refractivity contribution in [3.63, 3.8) is 0 Å². The lowest BCUT2D eigenvalue weighted by Crippen LogP contribution is -2.21. The molecule has 0 aliphatic rings. The maximum absolute atomic E-state index is 13.2. The number of nitriles is 1. The largest absolute Gasteiger partial charge is 0.294 e. The first-order valence-electron chi connectivity index (χ1n) is 11.4. The van der Waals surface area contributed by atoms with E-state index in [1.54, 1.807) is 0 Å². The van der Waals surface area contributed by atoms with Crippen molar-refractivity contribution < 1.29 is 4.79 Å². The number of nitrogens with zero attached hydrogens (tertiary/aromatic N) is 2. The van der Waals surface area contributed by atoms with Crippen molar-refractivity contribution in [2.75, 3.05) is 0 Å². The van der Waals surface area contributed by atoms with E-state index in [1.807, 2.05) is 122 Å². The molecule has 0 aromatic heterocycles. The van der Waals surface area contributed by atoms with Gasteiger partial charge in [0.1, 0.15) is 6.04 Å². The van der Waals surface area contributed by atoms with Gasteiger partial charge in [-0.05, 0) is 12.5 Å². The average Bonchev–Trinajstić information content (AvgIpc) is 2.90. The highest BCUT2D eigenvalue weighted by molar-refractivity contribution is 6.13. The van der Waals surface area contributed by atoms with Crippen LogP contribution >= 0.6 is 0 Å². The second-order valence-electron chi connectivity index (χ2n) is 8.29. The molecular formula is C31H26N2O. The van der Waals surface area contributed by atoms with Gasteiger partial charge in [-0.15, -0.1) is 0 Å². The molecule has 0 saturated carbocycles. The van der Waals surface area contributed by atoms with Gasteiger partial charge in [-0.2, -0.15) is 5.26 Å². The molecule has 0 radical (unpaired) electrons. The summed E-state index contributed by atoms with van der Waals surface area (Å²) < 4.78 is 0. The molecule has 166 valence electrons. The fraction of sp³-hybridized carbons (Fsp3) is 0.129. The predicted molar refractivity (Wildman–Crippen MR) is 137 cm³/mol. The summed E-state index contributed by atoms with van der Waals surface area (Å²) in [5.74, 6) is -0.372. The van der Waals surface area contributed by atoms with Crippen molar-refractivity contribution in [3.05, 3.63) is 143 Å². The molecule has 0 aliphatic heterocycles. The van der Waals surface area contributed by atoms with Crippen LogP contribution in [0.2, 0.25) is 0 Å². The Morgan fingerprint density at radius 3 is 1.68 bits per heavy atom. The van der Waals surface area contributed by atoms with E-state index in [0.717, 1.165) is 28.0 Å². The summed E-state index contributed by atoms with van der Waals surface area (Å²) in [6.07, 6.45) is 0.200. The zero-order valence-corrected chi connectivity index (χ0v) is 19.1. The number of aryl methyl sites for hydroxylation is 1. The van der Waals surface area contributed by atoms with Crippen LogP contribution in [-0.4, -0.2) is 17.5 Å². The smallest absolute Gasteiger partial charge is 0.163 e. The number of ketones is 1. The van der Waals surface area contributed by atoms with Crippen LogP contribution in [0.4, 0.5) is 0 Å².